The number of benzene rings is 3. The fraction of sp³-hybridized carbons (Fsp3) is 0.0909. The minimum atomic E-state index is 1.10. The fourth-order valence-electron chi connectivity index (χ4n) is 3.85. The molecule has 0 saturated heterocycles. The second kappa shape index (κ2) is 4.85. The molecule has 0 N–H and O–H groups in total. The van der Waals surface area contributed by atoms with Crippen molar-refractivity contribution >= 4 is 27.8 Å². The average molecular weight is 295 g/mol. The Bertz CT molecular complexity index is 1060. The number of allylic oxidation sites excluding steroid dienone is 1. The number of fused-ring (bicyclic) bond motifs is 4. The van der Waals surface area contributed by atoms with E-state index in [2.05, 4.69) is 83.4 Å². The predicted molar refractivity (Wildman–Crippen MR) is 98.1 cm³/mol. The maximum atomic E-state index is 2.47. The Morgan fingerprint density at radius 3 is 2.48 bits per heavy atom. The van der Waals surface area contributed by atoms with Gasteiger partial charge in [-0.2, -0.15) is 0 Å². The zero-order chi connectivity index (χ0) is 15.2. The normalized spacial score (nSPS) is 13.6. The Morgan fingerprint density at radius 1 is 0.739 bits per heavy atom. The van der Waals surface area contributed by atoms with Crippen molar-refractivity contribution in [3.63, 3.8) is 0 Å². The van der Waals surface area contributed by atoms with Gasteiger partial charge in [0.1, 0.15) is 0 Å². The van der Waals surface area contributed by atoms with E-state index in [9.17, 15) is 0 Å². The summed E-state index contributed by atoms with van der Waals surface area (Å²) in [6.45, 7) is 0. The third-order valence-electron chi connectivity index (χ3n) is 4.86. The largest absolute Gasteiger partial charge is 0.312 e. The summed E-state index contributed by atoms with van der Waals surface area (Å²) in [6.07, 6.45) is 6.81. The molecule has 0 radical (unpaired) electrons. The van der Waals surface area contributed by atoms with Gasteiger partial charge in [0.05, 0.1) is 11.2 Å². The van der Waals surface area contributed by atoms with Gasteiger partial charge in [0.2, 0.25) is 0 Å². The van der Waals surface area contributed by atoms with Gasteiger partial charge in [-0.1, -0.05) is 66.7 Å². The van der Waals surface area contributed by atoms with E-state index in [1.807, 2.05) is 0 Å². The molecule has 1 heterocycles. The molecule has 0 atom stereocenters. The van der Waals surface area contributed by atoms with E-state index >= 15 is 0 Å². The molecule has 1 aromatic heterocycles. The average Bonchev–Trinajstić information content (AvgIpc) is 2.96. The lowest BCUT2D eigenvalue weighted by Gasteiger charge is -2.15. The van der Waals surface area contributed by atoms with Crippen LogP contribution in [0, 0.1) is 0 Å². The maximum Gasteiger partial charge on any atom is 0.0537 e. The Balaban J connectivity index is 1.95. The fourth-order valence-corrected chi connectivity index (χ4v) is 3.85. The van der Waals surface area contributed by atoms with Gasteiger partial charge >= 0.3 is 0 Å². The molecule has 0 amide bonds. The first-order chi connectivity index (χ1) is 11.4. The van der Waals surface area contributed by atoms with Crippen molar-refractivity contribution in [1.29, 1.82) is 0 Å². The number of rotatable bonds is 1. The summed E-state index contributed by atoms with van der Waals surface area (Å²) in [6, 6.07) is 24.0. The molecule has 1 aliphatic carbocycles. The second-order valence-corrected chi connectivity index (χ2v) is 6.15. The van der Waals surface area contributed by atoms with Crippen LogP contribution in [0.2, 0.25) is 0 Å². The molecule has 0 fully saturated rings. The minimum Gasteiger partial charge on any atom is -0.312 e. The predicted octanol–water partition coefficient (Wildman–Crippen LogP) is 5.74. The number of para-hydroxylation sites is 1. The monoisotopic (exact) mass is 295 g/mol. The zero-order valence-electron chi connectivity index (χ0n) is 12.9. The van der Waals surface area contributed by atoms with E-state index < -0.39 is 0 Å². The summed E-state index contributed by atoms with van der Waals surface area (Å²) in [4.78, 5) is 0. The molecule has 0 aliphatic heterocycles. The molecule has 23 heavy (non-hydrogen) atoms. The molecule has 1 nitrogen and oxygen atoms in total. The van der Waals surface area contributed by atoms with Crippen LogP contribution >= 0.6 is 0 Å². The maximum absolute atomic E-state index is 2.47. The highest BCUT2D eigenvalue weighted by atomic mass is 15.0. The van der Waals surface area contributed by atoms with Gasteiger partial charge in [-0.05, 0) is 30.4 Å². The molecule has 5 rings (SSSR count). The van der Waals surface area contributed by atoms with Crippen LogP contribution in [-0.4, -0.2) is 4.57 Å². The minimum absolute atomic E-state index is 1.10. The van der Waals surface area contributed by atoms with Crippen molar-refractivity contribution in [2.24, 2.45) is 0 Å². The highest BCUT2D eigenvalue weighted by Gasteiger charge is 2.18. The summed E-state index contributed by atoms with van der Waals surface area (Å²) in [5.41, 5.74) is 5.42. The Labute approximate surface area is 135 Å². The second-order valence-electron chi connectivity index (χ2n) is 6.15. The molecule has 0 unspecified atom stereocenters. The van der Waals surface area contributed by atoms with E-state index in [1.165, 1.54) is 38.6 Å². The summed E-state index contributed by atoms with van der Waals surface area (Å²) < 4.78 is 2.47. The van der Waals surface area contributed by atoms with E-state index in [0.717, 1.165) is 12.8 Å². The molecule has 4 aromatic rings. The van der Waals surface area contributed by atoms with Crippen LogP contribution < -0.4 is 0 Å². The zero-order valence-corrected chi connectivity index (χ0v) is 12.9. The molecular formula is C22H17N. The van der Waals surface area contributed by atoms with Gasteiger partial charge in [0.25, 0.3) is 0 Å². The molecule has 1 aliphatic rings. The van der Waals surface area contributed by atoms with Crippen LogP contribution in [0.4, 0.5) is 0 Å². The standard InChI is InChI=1S/C22H17N/c1-2-10-17-16(8-1)9-7-15-20(17)23-21-13-5-3-11-18(21)19-12-4-6-14-22(19)23/h1-5,7-13,15H,6,14H2. The summed E-state index contributed by atoms with van der Waals surface area (Å²) >= 11 is 0. The van der Waals surface area contributed by atoms with Crippen molar-refractivity contribution < 1.29 is 0 Å². The highest BCUT2D eigenvalue weighted by molar-refractivity contribution is 5.97. The molecule has 0 saturated carbocycles. The van der Waals surface area contributed by atoms with Crippen molar-refractivity contribution in [3.8, 4) is 5.69 Å². The quantitative estimate of drug-likeness (QED) is 0.422. The Hall–Kier alpha value is -2.80. The lowest BCUT2D eigenvalue weighted by atomic mass is 10.0. The summed E-state index contributed by atoms with van der Waals surface area (Å²) in [5, 5.41) is 3.96. The molecule has 0 bridgehead atoms. The smallest absolute Gasteiger partial charge is 0.0537 e. The van der Waals surface area contributed by atoms with Crippen molar-refractivity contribution in [1.82, 2.24) is 4.57 Å². The van der Waals surface area contributed by atoms with Gasteiger partial charge in [-0.25, -0.2) is 0 Å². The van der Waals surface area contributed by atoms with Crippen LogP contribution in [0.3, 0.4) is 0 Å². The SMILES string of the molecule is C1=Cc2c(n(-c3cccc4ccccc34)c3ccccc23)CC1. The first-order valence-corrected chi connectivity index (χ1v) is 8.20. The summed E-state index contributed by atoms with van der Waals surface area (Å²) in [7, 11) is 0. The van der Waals surface area contributed by atoms with E-state index in [0.29, 0.717) is 0 Å². The lowest BCUT2D eigenvalue weighted by Crippen LogP contribution is -2.03. The van der Waals surface area contributed by atoms with Crippen molar-refractivity contribution in [3.05, 3.63) is 84.1 Å². The molecule has 110 valence electrons. The van der Waals surface area contributed by atoms with E-state index in [4.69, 9.17) is 0 Å². The van der Waals surface area contributed by atoms with Crippen LogP contribution in [0.1, 0.15) is 17.7 Å². The topological polar surface area (TPSA) is 4.93 Å². The number of hydrogen-bond acceptors (Lipinski definition) is 0. The van der Waals surface area contributed by atoms with Gasteiger partial charge in [-0.3, -0.25) is 0 Å². The van der Waals surface area contributed by atoms with E-state index in [-0.39, 0.29) is 0 Å². The van der Waals surface area contributed by atoms with Gasteiger partial charge in [-0.15, -0.1) is 0 Å². The highest BCUT2D eigenvalue weighted by Crippen LogP contribution is 2.35. The molecular weight excluding hydrogens is 278 g/mol. The Kier molecular flexibility index (Phi) is 2.68. The van der Waals surface area contributed by atoms with Crippen molar-refractivity contribution in [2.45, 2.75) is 12.8 Å². The number of nitrogens with zero attached hydrogens (tertiary/aromatic N) is 1. The first kappa shape index (κ1) is 12.7. The third-order valence-corrected chi connectivity index (χ3v) is 4.86. The van der Waals surface area contributed by atoms with Gasteiger partial charge in [0, 0.05) is 22.0 Å². The number of aromatic nitrogens is 1. The number of hydrogen-bond donors (Lipinski definition) is 0. The lowest BCUT2D eigenvalue weighted by molar-refractivity contribution is 0.892. The van der Waals surface area contributed by atoms with Crippen LogP contribution in [0.5, 0.6) is 0 Å². The third kappa shape index (κ3) is 1.80. The first-order valence-electron chi connectivity index (χ1n) is 8.20. The summed E-state index contributed by atoms with van der Waals surface area (Å²) in [5.74, 6) is 0. The molecule has 0 spiro atoms. The Morgan fingerprint density at radius 2 is 1.52 bits per heavy atom. The van der Waals surface area contributed by atoms with Crippen molar-refractivity contribution in [2.75, 3.05) is 0 Å². The van der Waals surface area contributed by atoms with Gasteiger partial charge < -0.3 is 4.57 Å². The molecule has 3 aromatic carbocycles. The van der Waals surface area contributed by atoms with Gasteiger partial charge in [0.15, 0.2) is 0 Å². The molecule has 1 heteroatoms. The van der Waals surface area contributed by atoms with Crippen LogP contribution in [0.15, 0.2) is 72.8 Å². The van der Waals surface area contributed by atoms with Crippen LogP contribution in [-0.2, 0) is 6.42 Å². The van der Waals surface area contributed by atoms with E-state index in [1.54, 1.807) is 0 Å². The van der Waals surface area contributed by atoms with Crippen LogP contribution in [0.25, 0.3) is 33.4 Å².